The van der Waals surface area contributed by atoms with Crippen LogP contribution in [0.4, 0.5) is 10.5 Å². The van der Waals surface area contributed by atoms with Crippen LogP contribution in [-0.4, -0.2) is 41.4 Å². The lowest BCUT2D eigenvalue weighted by molar-refractivity contribution is 0.233. The molecule has 0 saturated carbocycles. The first-order valence-electron chi connectivity index (χ1n) is 6.72. The van der Waals surface area contributed by atoms with Crippen molar-refractivity contribution in [3.63, 3.8) is 0 Å². The van der Waals surface area contributed by atoms with Gasteiger partial charge in [0.15, 0.2) is 0 Å². The summed E-state index contributed by atoms with van der Waals surface area (Å²) >= 11 is 0. The van der Waals surface area contributed by atoms with Crippen molar-refractivity contribution < 1.29 is 9.21 Å². The van der Waals surface area contributed by atoms with Crippen LogP contribution >= 0.6 is 0 Å². The minimum Gasteiger partial charge on any atom is -0.468 e. The maximum Gasteiger partial charge on any atom is 0.319 e. The van der Waals surface area contributed by atoms with E-state index in [1.807, 2.05) is 45.1 Å². The van der Waals surface area contributed by atoms with E-state index in [0.717, 1.165) is 11.5 Å². The molecule has 0 aromatic carbocycles. The number of furan rings is 1. The molecule has 0 radical (unpaired) electrons. The lowest BCUT2D eigenvalue weighted by Crippen LogP contribution is -2.36. The molecular weight excluding hydrogens is 270 g/mol. The van der Waals surface area contributed by atoms with E-state index in [-0.39, 0.29) is 12.1 Å². The third-order valence-electron chi connectivity index (χ3n) is 3.21. The molecule has 2 amide bonds. The van der Waals surface area contributed by atoms with Crippen molar-refractivity contribution in [3.05, 3.63) is 36.0 Å². The van der Waals surface area contributed by atoms with Crippen LogP contribution in [0.5, 0.6) is 0 Å². The molecule has 0 aliphatic carbocycles. The SMILES string of the molecule is Cc1nn(C)cc1NC(=O)NC[C@@H](c1ccco1)N(C)C. The molecule has 1 atom stereocenters. The molecule has 0 spiro atoms. The first-order chi connectivity index (χ1) is 9.97. The van der Waals surface area contributed by atoms with Crippen LogP contribution in [0.25, 0.3) is 0 Å². The van der Waals surface area contributed by atoms with Gasteiger partial charge in [-0.15, -0.1) is 0 Å². The minimum absolute atomic E-state index is 0.0132. The Bertz CT molecular complexity index is 589. The number of likely N-dealkylation sites (N-methyl/N-ethyl adjacent to an activating group) is 1. The Labute approximate surface area is 123 Å². The second-order valence-corrected chi connectivity index (χ2v) is 5.13. The van der Waals surface area contributed by atoms with Crippen LogP contribution in [-0.2, 0) is 7.05 Å². The number of aryl methyl sites for hydroxylation is 2. The molecule has 114 valence electrons. The Kier molecular flexibility index (Phi) is 4.64. The smallest absolute Gasteiger partial charge is 0.319 e. The molecule has 0 saturated heterocycles. The van der Waals surface area contributed by atoms with Crippen molar-refractivity contribution in [2.24, 2.45) is 7.05 Å². The first-order valence-corrected chi connectivity index (χ1v) is 6.72. The van der Waals surface area contributed by atoms with Crippen LogP contribution < -0.4 is 10.6 Å². The van der Waals surface area contributed by atoms with E-state index in [4.69, 9.17) is 4.42 Å². The Morgan fingerprint density at radius 1 is 1.52 bits per heavy atom. The molecule has 2 heterocycles. The topological polar surface area (TPSA) is 75.3 Å². The van der Waals surface area contributed by atoms with Crippen molar-refractivity contribution in [2.45, 2.75) is 13.0 Å². The van der Waals surface area contributed by atoms with Gasteiger partial charge in [0.1, 0.15) is 5.76 Å². The second kappa shape index (κ2) is 6.45. The number of nitrogens with one attached hydrogen (secondary N) is 2. The fourth-order valence-electron chi connectivity index (χ4n) is 2.10. The lowest BCUT2D eigenvalue weighted by Gasteiger charge is -2.22. The number of carbonyl (C=O) groups is 1. The summed E-state index contributed by atoms with van der Waals surface area (Å²) < 4.78 is 7.07. The number of rotatable bonds is 5. The van der Waals surface area contributed by atoms with Crippen LogP contribution in [0.3, 0.4) is 0 Å². The van der Waals surface area contributed by atoms with E-state index in [1.165, 1.54) is 0 Å². The molecule has 21 heavy (non-hydrogen) atoms. The lowest BCUT2D eigenvalue weighted by atomic mass is 10.2. The highest BCUT2D eigenvalue weighted by Crippen LogP contribution is 2.17. The van der Waals surface area contributed by atoms with E-state index >= 15 is 0 Å². The average molecular weight is 291 g/mol. The summed E-state index contributed by atoms with van der Waals surface area (Å²) in [6, 6.07) is 3.46. The van der Waals surface area contributed by atoms with Crippen LogP contribution in [0, 0.1) is 6.92 Å². The standard InChI is InChI=1S/C14H21N5O2/c1-10-11(9-19(4)17-10)16-14(20)15-8-12(18(2)3)13-6-5-7-21-13/h5-7,9,12H,8H2,1-4H3,(H2,15,16,20)/t12-/m0/s1. The van der Waals surface area contributed by atoms with Crippen molar-refractivity contribution in [1.29, 1.82) is 0 Å². The van der Waals surface area contributed by atoms with Gasteiger partial charge in [0.2, 0.25) is 0 Å². The zero-order valence-corrected chi connectivity index (χ0v) is 12.8. The molecule has 0 aliphatic heterocycles. The molecule has 2 N–H and O–H groups in total. The summed E-state index contributed by atoms with van der Waals surface area (Å²) in [5.74, 6) is 0.817. The van der Waals surface area contributed by atoms with Gasteiger partial charge in [-0.1, -0.05) is 0 Å². The molecule has 2 rings (SSSR count). The average Bonchev–Trinajstić information content (AvgIpc) is 3.00. The number of anilines is 1. The molecule has 2 aromatic rings. The maximum atomic E-state index is 12.0. The predicted octanol–water partition coefficient (Wildman–Crippen LogP) is 1.75. The Morgan fingerprint density at radius 3 is 2.81 bits per heavy atom. The van der Waals surface area contributed by atoms with Gasteiger partial charge >= 0.3 is 6.03 Å². The largest absolute Gasteiger partial charge is 0.468 e. The Hall–Kier alpha value is -2.28. The van der Waals surface area contributed by atoms with E-state index < -0.39 is 0 Å². The summed E-state index contributed by atoms with van der Waals surface area (Å²) in [5.41, 5.74) is 1.48. The van der Waals surface area contributed by atoms with Gasteiger partial charge < -0.3 is 15.1 Å². The van der Waals surface area contributed by atoms with Gasteiger partial charge in [0.05, 0.1) is 23.7 Å². The monoisotopic (exact) mass is 291 g/mol. The van der Waals surface area contributed by atoms with Crippen molar-refractivity contribution in [3.8, 4) is 0 Å². The molecule has 0 fully saturated rings. The van der Waals surface area contributed by atoms with Gasteiger partial charge in [-0.3, -0.25) is 9.58 Å². The van der Waals surface area contributed by atoms with Gasteiger partial charge in [-0.05, 0) is 33.2 Å². The third kappa shape index (κ3) is 3.85. The summed E-state index contributed by atoms with van der Waals surface area (Å²) in [4.78, 5) is 14.0. The number of carbonyl (C=O) groups excluding carboxylic acids is 1. The number of nitrogens with zero attached hydrogens (tertiary/aromatic N) is 3. The highest BCUT2D eigenvalue weighted by Gasteiger charge is 2.18. The Balaban J connectivity index is 1.92. The van der Waals surface area contributed by atoms with E-state index in [1.54, 1.807) is 17.1 Å². The maximum absolute atomic E-state index is 12.0. The Morgan fingerprint density at radius 2 is 2.29 bits per heavy atom. The van der Waals surface area contributed by atoms with Gasteiger partial charge in [-0.25, -0.2) is 4.79 Å². The second-order valence-electron chi connectivity index (χ2n) is 5.13. The molecule has 7 heteroatoms. The van der Waals surface area contributed by atoms with Crippen molar-refractivity contribution in [1.82, 2.24) is 20.0 Å². The van der Waals surface area contributed by atoms with Crippen LogP contribution in [0.2, 0.25) is 0 Å². The molecule has 2 aromatic heterocycles. The molecule has 0 aliphatic rings. The number of hydrogen-bond acceptors (Lipinski definition) is 4. The van der Waals surface area contributed by atoms with Gasteiger partial charge in [-0.2, -0.15) is 5.10 Å². The summed E-state index contributed by atoms with van der Waals surface area (Å²) in [6.45, 7) is 2.30. The third-order valence-corrected chi connectivity index (χ3v) is 3.21. The predicted molar refractivity (Wildman–Crippen MR) is 80.1 cm³/mol. The van der Waals surface area contributed by atoms with E-state index in [9.17, 15) is 4.79 Å². The fourth-order valence-corrected chi connectivity index (χ4v) is 2.10. The fraction of sp³-hybridized carbons (Fsp3) is 0.429. The molecular formula is C14H21N5O2. The number of aromatic nitrogens is 2. The minimum atomic E-state index is -0.260. The van der Waals surface area contributed by atoms with Crippen LogP contribution in [0.15, 0.2) is 29.0 Å². The summed E-state index contributed by atoms with van der Waals surface area (Å²) in [6.07, 6.45) is 3.40. The van der Waals surface area contributed by atoms with E-state index in [2.05, 4.69) is 15.7 Å². The molecule has 7 nitrogen and oxygen atoms in total. The van der Waals surface area contributed by atoms with E-state index in [0.29, 0.717) is 12.2 Å². The summed E-state index contributed by atoms with van der Waals surface area (Å²) in [5, 5.41) is 9.82. The number of hydrogen-bond donors (Lipinski definition) is 2. The first kappa shape index (κ1) is 15.1. The normalized spacial score (nSPS) is 12.4. The van der Waals surface area contributed by atoms with Crippen molar-refractivity contribution in [2.75, 3.05) is 26.0 Å². The summed E-state index contributed by atoms with van der Waals surface area (Å²) in [7, 11) is 5.70. The highest BCUT2D eigenvalue weighted by molar-refractivity contribution is 5.89. The molecule has 0 unspecified atom stereocenters. The quantitative estimate of drug-likeness (QED) is 0.880. The number of amides is 2. The zero-order valence-electron chi connectivity index (χ0n) is 12.8. The number of urea groups is 1. The highest BCUT2D eigenvalue weighted by atomic mass is 16.3. The zero-order chi connectivity index (χ0) is 15.4. The van der Waals surface area contributed by atoms with Gasteiger partial charge in [0, 0.05) is 19.8 Å². The van der Waals surface area contributed by atoms with Gasteiger partial charge in [0.25, 0.3) is 0 Å². The van der Waals surface area contributed by atoms with Crippen LogP contribution in [0.1, 0.15) is 17.5 Å². The molecule has 0 bridgehead atoms. The van der Waals surface area contributed by atoms with Crippen molar-refractivity contribution >= 4 is 11.7 Å².